The third-order valence-corrected chi connectivity index (χ3v) is 3.19. The van der Waals surface area contributed by atoms with E-state index < -0.39 is 11.9 Å². The topological polar surface area (TPSA) is 80.0 Å². The predicted molar refractivity (Wildman–Crippen MR) is 83.3 cm³/mol. The van der Waals surface area contributed by atoms with Crippen LogP contribution in [0.1, 0.15) is 29.5 Å². The van der Waals surface area contributed by atoms with Gasteiger partial charge in [-0.3, -0.25) is 9.59 Å². The smallest absolute Gasteiger partial charge is 0.323 e. The van der Waals surface area contributed by atoms with Gasteiger partial charge in [-0.2, -0.15) is 0 Å². The largest absolute Gasteiger partial charge is 0.489 e. The van der Waals surface area contributed by atoms with E-state index in [1.807, 2.05) is 37.3 Å². The van der Waals surface area contributed by atoms with Gasteiger partial charge in [0.2, 0.25) is 0 Å². The highest BCUT2D eigenvalue weighted by Crippen LogP contribution is 2.17. The quantitative estimate of drug-likeness (QED) is 0.810. The van der Waals surface area contributed by atoms with Crippen LogP contribution in [0.5, 0.6) is 5.75 Å². The molecule has 23 heavy (non-hydrogen) atoms. The van der Waals surface area contributed by atoms with Gasteiger partial charge in [0.05, 0.1) is 6.26 Å². The van der Waals surface area contributed by atoms with Crippen LogP contribution in [0.4, 0.5) is 0 Å². The summed E-state index contributed by atoms with van der Waals surface area (Å²) in [5.41, 5.74) is 0.588. The van der Waals surface area contributed by atoms with Crippen LogP contribution in [0.3, 0.4) is 0 Å². The number of carbonyl (C=O) groups is 2. The van der Waals surface area contributed by atoms with Gasteiger partial charge in [-0.25, -0.2) is 0 Å². The minimum Gasteiger partial charge on any atom is -0.489 e. The van der Waals surface area contributed by atoms with Gasteiger partial charge in [0.15, 0.2) is 5.76 Å². The van der Waals surface area contributed by atoms with Gasteiger partial charge in [0.25, 0.3) is 5.91 Å². The van der Waals surface area contributed by atoms with Crippen LogP contribution in [-0.4, -0.2) is 35.0 Å². The van der Waals surface area contributed by atoms with Crippen molar-refractivity contribution < 1.29 is 23.8 Å². The number of ether oxygens (including phenoxy) is 1. The summed E-state index contributed by atoms with van der Waals surface area (Å²) in [6, 6.07) is 10.9. The SMILES string of the molecule is CCCN(CC(=O)O)C(=O)c1occc1COc1ccccc1. The van der Waals surface area contributed by atoms with Crippen LogP contribution in [-0.2, 0) is 11.4 Å². The van der Waals surface area contributed by atoms with Crippen molar-refractivity contribution in [3.63, 3.8) is 0 Å². The molecule has 6 nitrogen and oxygen atoms in total. The van der Waals surface area contributed by atoms with E-state index in [1.54, 1.807) is 6.07 Å². The molecule has 1 aromatic heterocycles. The molecule has 6 heteroatoms. The molecule has 2 rings (SSSR count). The number of benzene rings is 1. The summed E-state index contributed by atoms with van der Waals surface area (Å²) < 4.78 is 10.9. The van der Waals surface area contributed by atoms with E-state index in [-0.39, 0.29) is 18.9 Å². The minimum absolute atomic E-state index is 0.121. The van der Waals surface area contributed by atoms with Gasteiger partial charge in [0.1, 0.15) is 18.9 Å². The average molecular weight is 317 g/mol. The summed E-state index contributed by atoms with van der Waals surface area (Å²) in [6.07, 6.45) is 2.07. The first kappa shape index (κ1) is 16.6. The lowest BCUT2D eigenvalue weighted by Crippen LogP contribution is -2.36. The molecule has 0 atom stereocenters. The van der Waals surface area contributed by atoms with Gasteiger partial charge in [-0.1, -0.05) is 25.1 Å². The first-order valence-electron chi connectivity index (χ1n) is 7.37. The predicted octanol–water partition coefficient (Wildman–Crippen LogP) is 2.80. The molecule has 0 fully saturated rings. The minimum atomic E-state index is -1.06. The van der Waals surface area contributed by atoms with Crippen molar-refractivity contribution in [1.82, 2.24) is 4.90 Å². The zero-order chi connectivity index (χ0) is 16.7. The summed E-state index contributed by atoms with van der Waals surface area (Å²) in [7, 11) is 0. The van der Waals surface area contributed by atoms with Gasteiger partial charge < -0.3 is 19.2 Å². The van der Waals surface area contributed by atoms with Crippen molar-refractivity contribution >= 4 is 11.9 Å². The summed E-state index contributed by atoms with van der Waals surface area (Å²) in [5.74, 6) is -0.690. The summed E-state index contributed by atoms with van der Waals surface area (Å²) in [5, 5.41) is 8.93. The maximum Gasteiger partial charge on any atom is 0.323 e. The molecule has 0 saturated carbocycles. The number of hydrogen-bond acceptors (Lipinski definition) is 4. The molecule has 0 aliphatic carbocycles. The van der Waals surface area contributed by atoms with E-state index in [9.17, 15) is 9.59 Å². The molecule has 0 aliphatic rings. The number of carbonyl (C=O) groups excluding carboxylic acids is 1. The Morgan fingerprint density at radius 3 is 2.61 bits per heavy atom. The standard InChI is InChI=1S/C17H19NO5/c1-2-9-18(11-15(19)20)17(21)16-13(8-10-22-16)12-23-14-6-4-3-5-7-14/h3-8,10H,2,9,11-12H2,1H3,(H,19,20). The van der Waals surface area contributed by atoms with Crippen molar-refractivity contribution in [2.24, 2.45) is 0 Å². The molecule has 1 aromatic carbocycles. The van der Waals surface area contributed by atoms with Crippen LogP contribution >= 0.6 is 0 Å². The Morgan fingerprint density at radius 1 is 1.22 bits per heavy atom. The maximum absolute atomic E-state index is 12.5. The van der Waals surface area contributed by atoms with Crippen molar-refractivity contribution in [2.45, 2.75) is 20.0 Å². The highest BCUT2D eigenvalue weighted by atomic mass is 16.5. The van der Waals surface area contributed by atoms with Crippen LogP contribution in [0.15, 0.2) is 47.1 Å². The second kappa shape index (κ2) is 8.03. The maximum atomic E-state index is 12.5. The van der Waals surface area contributed by atoms with Crippen LogP contribution in [0.2, 0.25) is 0 Å². The van der Waals surface area contributed by atoms with Crippen molar-refractivity contribution in [1.29, 1.82) is 0 Å². The molecule has 1 N–H and O–H groups in total. The summed E-state index contributed by atoms with van der Waals surface area (Å²) in [4.78, 5) is 24.6. The Bertz CT molecular complexity index is 650. The highest BCUT2D eigenvalue weighted by Gasteiger charge is 2.23. The Balaban J connectivity index is 2.09. The van der Waals surface area contributed by atoms with Gasteiger partial charge in [-0.05, 0) is 24.6 Å². The van der Waals surface area contributed by atoms with E-state index in [1.165, 1.54) is 11.2 Å². The number of carboxylic acid groups (broad SMARTS) is 1. The molecule has 0 radical (unpaired) electrons. The number of rotatable bonds is 8. The van der Waals surface area contributed by atoms with Crippen LogP contribution < -0.4 is 4.74 Å². The highest BCUT2D eigenvalue weighted by molar-refractivity contribution is 5.94. The average Bonchev–Trinajstić information content (AvgIpc) is 3.01. The van der Waals surface area contributed by atoms with Gasteiger partial charge in [0, 0.05) is 12.1 Å². The molecule has 1 amide bonds. The molecule has 122 valence electrons. The van der Waals surface area contributed by atoms with Gasteiger partial charge in [-0.15, -0.1) is 0 Å². The van der Waals surface area contributed by atoms with Crippen molar-refractivity contribution in [2.75, 3.05) is 13.1 Å². The molecular formula is C17H19NO5. The zero-order valence-electron chi connectivity index (χ0n) is 12.9. The lowest BCUT2D eigenvalue weighted by atomic mass is 10.2. The normalized spacial score (nSPS) is 10.3. The molecule has 0 unspecified atom stereocenters. The Labute approximate surface area is 134 Å². The first-order chi connectivity index (χ1) is 11.1. The fourth-order valence-electron chi connectivity index (χ4n) is 2.14. The Kier molecular flexibility index (Phi) is 5.80. The Hall–Kier alpha value is -2.76. The lowest BCUT2D eigenvalue weighted by Gasteiger charge is -2.19. The molecule has 1 heterocycles. The fraction of sp³-hybridized carbons (Fsp3) is 0.294. The number of aliphatic carboxylic acids is 1. The van der Waals surface area contributed by atoms with E-state index in [2.05, 4.69) is 0 Å². The van der Waals surface area contributed by atoms with E-state index >= 15 is 0 Å². The number of amides is 1. The fourth-order valence-corrected chi connectivity index (χ4v) is 2.14. The van der Waals surface area contributed by atoms with Crippen molar-refractivity contribution in [3.05, 3.63) is 54.0 Å². The summed E-state index contributed by atoms with van der Waals surface area (Å²) in [6.45, 7) is 2.05. The monoisotopic (exact) mass is 317 g/mol. The number of para-hydroxylation sites is 1. The van der Waals surface area contributed by atoms with Crippen LogP contribution in [0.25, 0.3) is 0 Å². The second-order valence-electron chi connectivity index (χ2n) is 5.00. The van der Waals surface area contributed by atoms with E-state index in [4.69, 9.17) is 14.3 Å². The lowest BCUT2D eigenvalue weighted by molar-refractivity contribution is -0.137. The zero-order valence-corrected chi connectivity index (χ0v) is 12.9. The molecule has 2 aromatic rings. The molecule has 0 spiro atoms. The van der Waals surface area contributed by atoms with Crippen molar-refractivity contribution in [3.8, 4) is 5.75 Å². The second-order valence-corrected chi connectivity index (χ2v) is 5.00. The first-order valence-corrected chi connectivity index (χ1v) is 7.37. The number of furan rings is 1. The molecule has 0 bridgehead atoms. The van der Waals surface area contributed by atoms with Crippen LogP contribution in [0, 0.1) is 0 Å². The van der Waals surface area contributed by atoms with E-state index in [0.29, 0.717) is 24.3 Å². The molecule has 0 saturated heterocycles. The number of carboxylic acids is 1. The third-order valence-electron chi connectivity index (χ3n) is 3.19. The van der Waals surface area contributed by atoms with E-state index in [0.717, 1.165) is 0 Å². The number of nitrogens with zero attached hydrogens (tertiary/aromatic N) is 1. The number of hydrogen-bond donors (Lipinski definition) is 1. The third kappa shape index (κ3) is 4.60. The summed E-state index contributed by atoms with van der Waals surface area (Å²) >= 11 is 0. The molecule has 0 aliphatic heterocycles. The Morgan fingerprint density at radius 2 is 1.96 bits per heavy atom. The molecular weight excluding hydrogens is 298 g/mol. The van der Waals surface area contributed by atoms with Gasteiger partial charge >= 0.3 is 5.97 Å².